The van der Waals surface area contributed by atoms with E-state index in [0.717, 1.165) is 17.7 Å². The number of aryl methyl sites for hydroxylation is 1. The second kappa shape index (κ2) is 9.07. The number of aliphatic hydroxyl groups is 1. The number of hydrogen-bond donors (Lipinski definition) is 1. The molecular weight excluding hydrogens is 481 g/mol. The van der Waals surface area contributed by atoms with Crippen molar-refractivity contribution in [1.82, 2.24) is 29.8 Å². The summed E-state index contributed by atoms with van der Waals surface area (Å²) in [6, 6.07) is 12.2. The minimum Gasteiger partial charge on any atom is -0.406 e. The van der Waals surface area contributed by atoms with Gasteiger partial charge in [0.05, 0.1) is 12.6 Å². The van der Waals surface area contributed by atoms with Crippen LogP contribution in [0.5, 0.6) is 5.75 Å². The third-order valence-corrected chi connectivity index (χ3v) is 5.48. The highest BCUT2D eigenvalue weighted by molar-refractivity contribution is 5.95. The van der Waals surface area contributed by atoms with E-state index in [1.807, 2.05) is 6.07 Å². The first-order valence-corrected chi connectivity index (χ1v) is 10.8. The van der Waals surface area contributed by atoms with Crippen LogP contribution in [0.1, 0.15) is 21.7 Å². The lowest BCUT2D eigenvalue weighted by molar-refractivity contribution is -0.274. The van der Waals surface area contributed by atoms with Crippen LogP contribution in [0.25, 0.3) is 23.1 Å². The Balaban J connectivity index is 1.30. The molecule has 3 heterocycles. The molecule has 2 aromatic carbocycles. The third kappa shape index (κ3) is 5.05. The van der Waals surface area contributed by atoms with Crippen LogP contribution in [0.15, 0.2) is 53.1 Å². The van der Waals surface area contributed by atoms with Gasteiger partial charge < -0.3 is 19.3 Å². The van der Waals surface area contributed by atoms with Crippen molar-refractivity contribution in [3.63, 3.8) is 0 Å². The average molecular weight is 500 g/mol. The molecule has 0 spiro atoms. The Labute approximate surface area is 201 Å². The van der Waals surface area contributed by atoms with Gasteiger partial charge in [0, 0.05) is 24.2 Å². The Morgan fingerprint density at radius 1 is 1.14 bits per heavy atom. The standard InChI is InChI=1S/C23H19F3N6O4/c1-13-27-20(21-28-19(30-36-21)15-5-7-18(8-6-15)35-23(24,25)26)29-32(13)10-14-3-2-4-16(9-14)22(34)31-11-17(33)12-31/h2-9,17,33H,10-12H2,1H3. The maximum absolute atomic E-state index is 12.5. The van der Waals surface area contributed by atoms with Gasteiger partial charge in [-0.15, -0.1) is 18.3 Å². The number of aromatic nitrogens is 5. The summed E-state index contributed by atoms with van der Waals surface area (Å²) in [7, 11) is 0. The number of amides is 1. The second-order valence-electron chi connectivity index (χ2n) is 8.20. The Hall–Kier alpha value is -4.26. The lowest BCUT2D eigenvalue weighted by atomic mass is 10.1. The van der Waals surface area contributed by atoms with Crippen LogP contribution in [-0.4, -0.2) is 66.4 Å². The number of hydrogen-bond acceptors (Lipinski definition) is 8. The molecule has 1 fully saturated rings. The first kappa shape index (κ1) is 23.5. The summed E-state index contributed by atoms with van der Waals surface area (Å²) in [4.78, 5) is 22.7. The number of benzene rings is 2. The van der Waals surface area contributed by atoms with Crippen LogP contribution >= 0.6 is 0 Å². The van der Waals surface area contributed by atoms with E-state index in [1.165, 1.54) is 12.1 Å². The SMILES string of the molecule is Cc1nc(-c2nc(-c3ccc(OC(F)(F)F)cc3)no2)nn1Cc1cccc(C(=O)N2CC(O)C2)c1. The highest BCUT2D eigenvalue weighted by Gasteiger charge is 2.31. The fourth-order valence-electron chi connectivity index (χ4n) is 3.68. The Morgan fingerprint density at radius 2 is 1.89 bits per heavy atom. The molecule has 186 valence electrons. The molecule has 1 amide bonds. The monoisotopic (exact) mass is 500 g/mol. The molecule has 1 N–H and O–H groups in total. The predicted molar refractivity (Wildman–Crippen MR) is 118 cm³/mol. The van der Waals surface area contributed by atoms with Crippen LogP contribution in [0, 0.1) is 6.92 Å². The van der Waals surface area contributed by atoms with Crippen LogP contribution in [0.3, 0.4) is 0 Å². The fraction of sp³-hybridized carbons (Fsp3) is 0.261. The van der Waals surface area contributed by atoms with Gasteiger partial charge in [-0.3, -0.25) is 4.79 Å². The van der Waals surface area contributed by atoms with Crippen molar-refractivity contribution in [1.29, 1.82) is 0 Å². The van der Waals surface area contributed by atoms with Crippen LogP contribution in [0.4, 0.5) is 13.2 Å². The largest absolute Gasteiger partial charge is 0.573 e. The zero-order chi connectivity index (χ0) is 25.4. The number of β-amino-alcohol motifs (C(OH)–C–C–N with tert-alkyl or cyclic N) is 1. The molecule has 2 aromatic heterocycles. The van der Waals surface area contributed by atoms with Gasteiger partial charge in [-0.25, -0.2) is 9.67 Å². The maximum Gasteiger partial charge on any atom is 0.573 e. The predicted octanol–water partition coefficient (Wildman–Crippen LogP) is 3.07. The van der Waals surface area contributed by atoms with Gasteiger partial charge in [-0.1, -0.05) is 17.3 Å². The number of halogens is 3. The van der Waals surface area contributed by atoms with Crippen molar-refractivity contribution in [2.24, 2.45) is 0 Å². The highest BCUT2D eigenvalue weighted by Crippen LogP contribution is 2.26. The van der Waals surface area contributed by atoms with Crippen molar-refractivity contribution < 1.29 is 32.3 Å². The number of carbonyl (C=O) groups is 1. The normalized spacial score (nSPS) is 14.1. The average Bonchev–Trinajstić information content (AvgIpc) is 3.43. The van der Waals surface area contributed by atoms with Gasteiger partial charge in [-0.05, 0) is 48.9 Å². The quantitative estimate of drug-likeness (QED) is 0.429. The molecule has 0 aliphatic carbocycles. The summed E-state index contributed by atoms with van der Waals surface area (Å²) in [5, 5.41) is 17.7. The van der Waals surface area contributed by atoms with Gasteiger partial charge in [0.25, 0.3) is 11.8 Å². The smallest absolute Gasteiger partial charge is 0.406 e. The number of aliphatic hydroxyl groups excluding tert-OH is 1. The zero-order valence-electron chi connectivity index (χ0n) is 18.8. The molecule has 0 radical (unpaired) electrons. The molecule has 1 aliphatic heterocycles. The van der Waals surface area contributed by atoms with Crippen LogP contribution in [-0.2, 0) is 6.54 Å². The molecule has 36 heavy (non-hydrogen) atoms. The minimum atomic E-state index is -4.78. The van der Waals surface area contributed by atoms with Crippen molar-refractivity contribution >= 4 is 5.91 Å². The van der Waals surface area contributed by atoms with E-state index in [2.05, 4.69) is 25.0 Å². The summed E-state index contributed by atoms with van der Waals surface area (Å²) in [5.74, 6) is 0.447. The van der Waals surface area contributed by atoms with Gasteiger partial charge in [0.1, 0.15) is 11.6 Å². The molecule has 13 heteroatoms. The van der Waals surface area contributed by atoms with Crippen molar-refractivity contribution in [2.45, 2.75) is 25.9 Å². The van der Waals surface area contributed by atoms with E-state index >= 15 is 0 Å². The maximum atomic E-state index is 12.5. The van der Waals surface area contributed by atoms with Gasteiger partial charge >= 0.3 is 6.36 Å². The Morgan fingerprint density at radius 3 is 2.58 bits per heavy atom. The van der Waals surface area contributed by atoms with E-state index in [4.69, 9.17) is 4.52 Å². The molecule has 5 rings (SSSR count). The topological polar surface area (TPSA) is 119 Å². The number of likely N-dealkylation sites (tertiary alicyclic amines) is 1. The van der Waals surface area contributed by atoms with E-state index in [9.17, 15) is 23.1 Å². The summed E-state index contributed by atoms with van der Waals surface area (Å²) in [5.41, 5.74) is 1.77. The first-order valence-electron chi connectivity index (χ1n) is 10.8. The Bertz CT molecular complexity index is 1390. The van der Waals surface area contributed by atoms with Crippen molar-refractivity contribution in [3.8, 4) is 28.9 Å². The molecule has 0 saturated carbocycles. The second-order valence-corrected chi connectivity index (χ2v) is 8.20. The number of nitrogens with zero attached hydrogens (tertiary/aromatic N) is 6. The summed E-state index contributed by atoms with van der Waals surface area (Å²) < 4.78 is 47.8. The number of alkyl halides is 3. The molecule has 1 aliphatic rings. The third-order valence-electron chi connectivity index (χ3n) is 5.48. The zero-order valence-corrected chi connectivity index (χ0v) is 18.8. The lowest BCUT2D eigenvalue weighted by Gasteiger charge is -2.35. The molecule has 1 saturated heterocycles. The number of ether oxygens (including phenoxy) is 1. The van der Waals surface area contributed by atoms with E-state index in [-0.39, 0.29) is 29.2 Å². The summed E-state index contributed by atoms with van der Waals surface area (Å²) >= 11 is 0. The number of rotatable bonds is 6. The summed E-state index contributed by atoms with van der Waals surface area (Å²) in [6.07, 6.45) is -5.25. The van der Waals surface area contributed by atoms with Crippen molar-refractivity contribution in [3.05, 3.63) is 65.5 Å². The fourth-order valence-corrected chi connectivity index (χ4v) is 3.68. The van der Waals surface area contributed by atoms with Gasteiger partial charge in [0.15, 0.2) is 0 Å². The molecule has 0 unspecified atom stereocenters. The van der Waals surface area contributed by atoms with E-state index in [0.29, 0.717) is 36.6 Å². The minimum absolute atomic E-state index is 0.0442. The van der Waals surface area contributed by atoms with Crippen LogP contribution < -0.4 is 4.74 Å². The van der Waals surface area contributed by atoms with Crippen molar-refractivity contribution in [2.75, 3.05) is 13.1 Å². The van der Waals surface area contributed by atoms with E-state index in [1.54, 1.807) is 34.7 Å². The lowest BCUT2D eigenvalue weighted by Crippen LogP contribution is -2.53. The molecule has 0 bridgehead atoms. The van der Waals surface area contributed by atoms with Gasteiger partial charge in [0.2, 0.25) is 11.6 Å². The van der Waals surface area contributed by atoms with E-state index < -0.39 is 12.5 Å². The van der Waals surface area contributed by atoms with Crippen LogP contribution in [0.2, 0.25) is 0 Å². The Kier molecular flexibility index (Phi) is 5.92. The highest BCUT2D eigenvalue weighted by atomic mass is 19.4. The molecule has 4 aromatic rings. The molecular formula is C23H19F3N6O4. The first-order chi connectivity index (χ1) is 17.1. The van der Waals surface area contributed by atoms with Gasteiger partial charge in [-0.2, -0.15) is 4.98 Å². The molecule has 0 atom stereocenters. The molecule has 10 nitrogen and oxygen atoms in total. The number of carbonyl (C=O) groups excluding carboxylic acids is 1. The summed E-state index contributed by atoms with van der Waals surface area (Å²) in [6.45, 7) is 2.74.